The lowest BCUT2D eigenvalue weighted by Gasteiger charge is -2.29. The predicted octanol–water partition coefficient (Wildman–Crippen LogP) is 5.34. The number of hydrogen-bond donors (Lipinski definition) is 2. The molecule has 3 aromatic carbocycles. The van der Waals surface area contributed by atoms with Crippen molar-refractivity contribution in [1.82, 2.24) is 19.4 Å². The van der Waals surface area contributed by atoms with Crippen molar-refractivity contribution in [1.29, 1.82) is 0 Å². The summed E-state index contributed by atoms with van der Waals surface area (Å²) in [4.78, 5) is 38.4. The summed E-state index contributed by atoms with van der Waals surface area (Å²) in [5.74, 6) is -0.888. The van der Waals surface area contributed by atoms with E-state index in [4.69, 9.17) is 0 Å². The number of rotatable bonds is 6. The van der Waals surface area contributed by atoms with Crippen molar-refractivity contribution in [3.63, 3.8) is 0 Å². The molecule has 2 aromatic heterocycles. The van der Waals surface area contributed by atoms with Gasteiger partial charge in [-0.3, -0.25) is 14.2 Å². The van der Waals surface area contributed by atoms with Crippen LogP contribution in [0.2, 0.25) is 0 Å². The monoisotopic (exact) mass is 563 g/mol. The van der Waals surface area contributed by atoms with Crippen LogP contribution in [0.15, 0.2) is 96.2 Å². The highest BCUT2D eigenvalue weighted by Gasteiger charge is 2.28. The summed E-state index contributed by atoms with van der Waals surface area (Å²) < 4.78 is 15.4. The Kier molecular flexibility index (Phi) is 7.50. The Hall–Kier alpha value is -4.89. The average Bonchev–Trinajstić information content (AvgIpc) is 3.01. The molecule has 8 nitrogen and oxygen atoms in total. The molecular formula is C33H30FN5O3. The van der Waals surface area contributed by atoms with Crippen molar-refractivity contribution in [3.8, 4) is 16.9 Å². The quantitative estimate of drug-likeness (QED) is 0.289. The second kappa shape index (κ2) is 11.5. The van der Waals surface area contributed by atoms with Gasteiger partial charge in [-0.25, -0.2) is 14.4 Å². The van der Waals surface area contributed by atoms with E-state index < -0.39 is 23.3 Å². The molecule has 1 amide bonds. The van der Waals surface area contributed by atoms with Crippen LogP contribution >= 0.6 is 0 Å². The number of carbonyl (C=O) groups excluding carboxylic acids is 1. The third-order valence-corrected chi connectivity index (χ3v) is 7.94. The van der Waals surface area contributed by atoms with E-state index in [9.17, 15) is 19.1 Å². The number of hydrogen-bond acceptors (Lipinski definition) is 6. The van der Waals surface area contributed by atoms with Crippen molar-refractivity contribution in [2.45, 2.75) is 24.8 Å². The number of phenols is 1. The minimum absolute atomic E-state index is 0.0765. The molecule has 1 atom stereocenters. The third kappa shape index (κ3) is 5.51. The molecule has 2 N–H and O–H groups in total. The van der Waals surface area contributed by atoms with E-state index in [1.165, 1.54) is 18.1 Å². The van der Waals surface area contributed by atoms with Crippen molar-refractivity contribution < 1.29 is 14.3 Å². The minimum Gasteiger partial charge on any atom is -0.508 e. The van der Waals surface area contributed by atoms with E-state index in [1.807, 2.05) is 6.07 Å². The van der Waals surface area contributed by atoms with Crippen LogP contribution in [-0.4, -0.2) is 50.6 Å². The van der Waals surface area contributed by atoms with Crippen molar-refractivity contribution in [2.24, 2.45) is 0 Å². The van der Waals surface area contributed by atoms with Gasteiger partial charge in [-0.2, -0.15) is 0 Å². The number of anilines is 1. The van der Waals surface area contributed by atoms with Crippen LogP contribution in [0.1, 0.15) is 35.9 Å². The van der Waals surface area contributed by atoms with Gasteiger partial charge in [0.1, 0.15) is 23.4 Å². The molecule has 0 aliphatic carbocycles. The van der Waals surface area contributed by atoms with E-state index in [1.54, 1.807) is 30.3 Å². The summed E-state index contributed by atoms with van der Waals surface area (Å²) in [7, 11) is 2.15. The Morgan fingerprint density at radius 1 is 0.976 bits per heavy atom. The Bertz CT molecular complexity index is 1800. The van der Waals surface area contributed by atoms with E-state index in [0.29, 0.717) is 16.8 Å². The Morgan fingerprint density at radius 2 is 1.74 bits per heavy atom. The molecule has 1 aliphatic heterocycles. The fraction of sp³-hybridized carbons (Fsp3) is 0.212. The summed E-state index contributed by atoms with van der Waals surface area (Å²) in [5, 5.41) is 13.6. The number of pyridine rings is 1. The number of piperidine rings is 1. The molecule has 42 heavy (non-hydrogen) atoms. The van der Waals surface area contributed by atoms with Crippen LogP contribution < -0.4 is 10.9 Å². The normalized spacial score (nSPS) is 15.0. The summed E-state index contributed by atoms with van der Waals surface area (Å²) in [6.07, 6.45) is 5.02. The van der Waals surface area contributed by atoms with E-state index in [0.717, 1.165) is 59.8 Å². The van der Waals surface area contributed by atoms with Gasteiger partial charge in [-0.15, -0.1) is 0 Å². The first-order chi connectivity index (χ1) is 20.4. The van der Waals surface area contributed by atoms with Crippen LogP contribution in [0.5, 0.6) is 5.75 Å². The first-order valence-electron chi connectivity index (χ1n) is 13.9. The molecule has 0 saturated carbocycles. The zero-order valence-corrected chi connectivity index (χ0v) is 23.1. The Balaban J connectivity index is 1.39. The average molecular weight is 564 g/mol. The summed E-state index contributed by atoms with van der Waals surface area (Å²) in [6, 6.07) is 20.7. The van der Waals surface area contributed by atoms with Crippen molar-refractivity contribution >= 4 is 22.6 Å². The number of aromatic hydroxyl groups is 1. The molecule has 0 spiro atoms. The molecule has 1 saturated heterocycles. The summed E-state index contributed by atoms with van der Waals surface area (Å²) in [5.41, 5.74) is 2.97. The van der Waals surface area contributed by atoms with E-state index in [2.05, 4.69) is 51.5 Å². The number of nitrogens with one attached hydrogen (secondary N) is 1. The number of aromatic nitrogens is 3. The first kappa shape index (κ1) is 27.3. The molecule has 1 aliphatic rings. The fourth-order valence-corrected chi connectivity index (χ4v) is 5.58. The lowest BCUT2D eigenvalue weighted by molar-refractivity contribution is -0.118. The van der Waals surface area contributed by atoms with Gasteiger partial charge in [0.2, 0.25) is 0 Å². The highest BCUT2D eigenvalue weighted by atomic mass is 19.1. The number of carbonyl (C=O) groups is 1. The minimum atomic E-state index is -1.41. The van der Waals surface area contributed by atoms with Crippen LogP contribution in [0.25, 0.3) is 22.0 Å². The topological polar surface area (TPSA) is 100 Å². The van der Waals surface area contributed by atoms with Gasteiger partial charge >= 0.3 is 0 Å². The van der Waals surface area contributed by atoms with Gasteiger partial charge in [-0.1, -0.05) is 36.4 Å². The molecule has 6 rings (SSSR count). The predicted molar refractivity (Wildman–Crippen MR) is 160 cm³/mol. The van der Waals surface area contributed by atoms with Crippen molar-refractivity contribution in [3.05, 3.63) is 119 Å². The van der Waals surface area contributed by atoms with Gasteiger partial charge in [0.25, 0.3) is 11.5 Å². The SMILES string of the molecule is CN1CCC(c2ccc(-c3ccc4ncn(C(C(=O)Nc5ccccn5)c5cc(F)ccc5O)c(=O)c4c3)cc2)CC1. The lowest BCUT2D eigenvalue weighted by atomic mass is 9.88. The third-order valence-electron chi connectivity index (χ3n) is 7.94. The molecular weight excluding hydrogens is 533 g/mol. The standard InChI is InChI=1S/C33H30FN5O3/c1-38-16-13-23(14-17-38)21-5-7-22(8-6-21)24-9-11-28-26(18-24)33(42)39(20-36-28)31(27-19-25(34)10-12-29(27)40)32(41)37-30-4-2-3-15-35-30/h2-12,15,18-20,23,31,40H,13-14,16-17H2,1H3,(H,35,37,41). The molecule has 0 radical (unpaired) electrons. The van der Waals surface area contributed by atoms with Gasteiger partial charge < -0.3 is 15.3 Å². The summed E-state index contributed by atoms with van der Waals surface area (Å²) in [6.45, 7) is 2.18. The largest absolute Gasteiger partial charge is 0.508 e. The van der Waals surface area contributed by atoms with Crippen LogP contribution in [-0.2, 0) is 4.79 Å². The number of benzene rings is 3. The maximum Gasteiger partial charge on any atom is 0.262 e. The smallest absolute Gasteiger partial charge is 0.262 e. The number of fused-ring (bicyclic) bond motifs is 1. The van der Waals surface area contributed by atoms with E-state index in [-0.39, 0.29) is 17.1 Å². The maximum absolute atomic E-state index is 14.3. The maximum atomic E-state index is 14.3. The molecule has 1 fully saturated rings. The van der Waals surface area contributed by atoms with Gasteiger partial charge in [-0.05, 0) is 98.1 Å². The number of halogens is 1. The summed E-state index contributed by atoms with van der Waals surface area (Å²) >= 11 is 0. The fourth-order valence-electron chi connectivity index (χ4n) is 5.58. The number of nitrogens with zero attached hydrogens (tertiary/aromatic N) is 4. The van der Waals surface area contributed by atoms with Gasteiger partial charge in [0.15, 0.2) is 0 Å². The molecule has 212 valence electrons. The van der Waals surface area contributed by atoms with Crippen LogP contribution in [0.4, 0.5) is 10.2 Å². The first-order valence-corrected chi connectivity index (χ1v) is 13.9. The van der Waals surface area contributed by atoms with Gasteiger partial charge in [0, 0.05) is 11.8 Å². The van der Waals surface area contributed by atoms with Crippen LogP contribution in [0, 0.1) is 5.82 Å². The second-order valence-electron chi connectivity index (χ2n) is 10.7. The zero-order valence-electron chi connectivity index (χ0n) is 23.1. The van der Waals surface area contributed by atoms with Gasteiger partial charge in [0.05, 0.1) is 17.2 Å². The molecule has 5 aromatic rings. The number of amides is 1. The molecule has 0 bridgehead atoms. The zero-order chi connectivity index (χ0) is 29.2. The van der Waals surface area contributed by atoms with Crippen LogP contribution in [0.3, 0.4) is 0 Å². The molecule has 3 heterocycles. The Labute approximate surface area is 242 Å². The highest BCUT2D eigenvalue weighted by Crippen LogP contribution is 2.31. The van der Waals surface area contributed by atoms with E-state index >= 15 is 0 Å². The van der Waals surface area contributed by atoms with Crippen molar-refractivity contribution in [2.75, 3.05) is 25.5 Å². The highest BCUT2D eigenvalue weighted by molar-refractivity contribution is 5.96. The Morgan fingerprint density at radius 3 is 2.48 bits per heavy atom. The number of phenolic OH excluding ortho intramolecular Hbond substituents is 1. The number of likely N-dealkylation sites (tertiary alicyclic amines) is 1. The molecule has 1 unspecified atom stereocenters. The lowest BCUT2D eigenvalue weighted by Crippen LogP contribution is -2.34. The molecule has 9 heteroatoms. The second-order valence-corrected chi connectivity index (χ2v) is 10.7.